The lowest BCUT2D eigenvalue weighted by Crippen LogP contribution is -2.45. The first-order chi connectivity index (χ1) is 19.9. The van der Waals surface area contributed by atoms with Crippen molar-refractivity contribution < 1.29 is 27.6 Å². The summed E-state index contributed by atoms with van der Waals surface area (Å²) in [6.45, 7) is 14.9. The van der Waals surface area contributed by atoms with E-state index in [0.717, 1.165) is 48.4 Å². The third kappa shape index (κ3) is 11.2. The molecule has 0 saturated carbocycles. The molecule has 2 saturated heterocycles. The van der Waals surface area contributed by atoms with Crippen LogP contribution in [0.2, 0.25) is 13.6 Å². The van der Waals surface area contributed by atoms with Crippen LogP contribution in [0.5, 0.6) is 11.5 Å². The lowest BCUT2D eigenvalue weighted by atomic mass is 9.63. The molecule has 232 valence electrons. The molecule has 2 fully saturated rings. The summed E-state index contributed by atoms with van der Waals surface area (Å²) >= 11 is 0. The second kappa shape index (κ2) is 16.6. The number of hydrogen-bond acceptors (Lipinski definition) is 6. The second-order valence-electron chi connectivity index (χ2n) is 12.2. The number of nitrogens with zero attached hydrogens (tertiary/aromatic N) is 2. The predicted octanol–water partition coefficient (Wildman–Crippen LogP) is 4.72. The van der Waals surface area contributed by atoms with Gasteiger partial charge in [-0.05, 0) is 89.8 Å². The first-order valence-corrected chi connectivity index (χ1v) is 15.4. The molecule has 0 N–H and O–H groups in total. The van der Waals surface area contributed by atoms with Gasteiger partial charge in [0.1, 0.15) is 36.1 Å². The molecule has 2 aliphatic heterocycles. The number of benzene rings is 2. The molecule has 0 aromatic heterocycles. The van der Waals surface area contributed by atoms with E-state index in [2.05, 4.69) is 0 Å². The fourth-order valence-corrected chi connectivity index (χ4v) is 5.29. The van der Waals surface area contributed by atoms with E-state index in [1.54, 1.807) is 0 Å². The van der Waals surface area contributed by atoms with Gasteiger partial charge < -0.3 is 28.6 Å². The average Bonchev–Trinajstić information content (AvgIpc) is 2.92. The highest BCUT2D eigenvalue weighted by atomic mass is 19.1. The van der Waals surface area contributed by atoms with E-state index in [-0.39, 0.29) is 38.2 Å². The van der Waals surface area contributed by atoms with Crippen LogP contribution in [-0.2, 0) is 9.31 Å². The number of halogens is 2. The van der Waals surface area contributed by atoms with Gasteiger partial charge >= 0.3 is 13.8 Å². The first kappa shape index (κ1) is 34.4. The van der Waals surface area contributed by atoms with Crippen molar-refractivity contribution in [2.24, 2.45) is 0 Å². The van der Waals surface area contributed by atoms with Gasteiger partial charge in [0.2, 0.25) is 0 Å². The molecule has 6 nitrogen and oxygen atoms in total. The molecule has 0 radical (unpaired) electrons. The van der Waals surface area contributed by atoms with Crippen LogP contribution in [0.3, 0.4) is 0 Å². The maximum absolute atomic E-state index is 13.9. The molecule has 0 aliphatic carbocycles. The average molecular weight is 586 g/mol. The quantitative estimate of drug-likeness (QED) is 0.376. The summed E-state index contributed by atoms with van der Waals surface area (Å²) in [7, 11) is 3.88. The van der Waals surface area contributed by atoms with Crippen molar-refractivity contribution in [3.05, 3.63) is 48.5 Å². The fourth-order valence-electron chi connectivity index (χ4n) is 5.29. The monoisotopic (exact) mass is 586 g/mol. The molecule has 0 spiro atoms. The van der Waals surface area contributed by atoms with Crippen LogP contribution in [0, 0.1) is 0 Å². The number of likely N-dealkylation sites (tertiary alicyclic amines) is 2. The summed E-state index contributed by atoms with van der Waals surface area (Å²) in [5.74, 6) is 1.46. The molecular weight excluding hydrogens is 536 g/mol. The molecule has 0 amide bonds. The van der Waals surface area contributed by atoms with E-state index in [9.17, 15) is 8.78 Å². The maximum atomic E-state index is 13.9. The Kier molecular flexibility index (Phi) is 13.6. The Balaban J connectivity index is 0.000000230. The van der Waals surface area contributed by atoms with Crippen molar-refractivity contribution in [2.45, 2.75) is 90.9 Å². The SMILES string of the molecule is CB(OC(C)C)c1ccc(O[C@@H]2CCN(C)C[C@@H]2F)cc1.CB(OC(C)C)c1ccc(O[C@H]2CCN(C)C[C@H]2F)cc1. The maximum Gasteiger partial charge on any atom is 0.323 e. The summed E-state index contributed by atoms with van der Waals surface area (Å²) in [6, 6.07) is 15.6. The Morgan fingerprint density at radius 2 is 0.976 bits per heavy atom. The molecule has 2 aromatic carbocycles. The molecule has 0 unspecified atom stereocenters. The molecular formula is C32H50B2F2N2O4. The third-order valence-electron chi connectivity index (χ3n) is 7.60. The highest BCUT2D eigenvalue weighted by molar-refractivity contribution is 6.66. The molecule has 2 aliphatic rings. The highest BCUT2D eigenvalue weighted by Crippen LogP contribution is 2.21. The Morgan fingerprint density at radius 1 is 0.643 bits per heavy atom. The lowest BCUT2D eigenvalue weighted by molar-refractivity contribution is 0.0313. The van der Waals surface area contributed by atoms with Crippen LogP contribution in [0.1, 0.15) is 40.5 Å². The van der Waals surface area contributed by atoms with Crippen molar-refractivity contribution in [3.8, 4) is 11.5 Å². The van der Waals surface area contributed by atoms with Crippen LogP contribution in [0.4, 0.5) is 8.78 Å². The van der Waals surface area contributed by atoms with Gasteiger partial charge in [-0.15, -0.1) is 0 Å². The molecule has 42 heavy (non-hydrogen) atoms. The first-order valence-electron chi connectivity index (χ1n) is 15.4. The largest absolute Gasteiger partial charge is 0.487 e. The van der Waals surface area contributed by atoms with Gasteiger partial charge in [0, 0.05) is 38.4 Å². The summed E-state index contributed by atoms with van der Waals surface area (Å²) in [4.78, 5) is 4.00. The van der Waals surface area contributed by atoms with Gasteiger partial charge in [-0.2, -0.15) is 0 Å². The summed E-state index contributed by atoms with van der Waals surface area (Å²) in [5, 5.41) is 0. The van der Waals surface area contributed by atoms with Crippen molar-refractivity contribution >= 4 is 24.8 Å². The minimum Gasteiger partial charge on any atom is -0.487 e. The van der Waals surface area contributed by atoms with E-state index >= 15 is 0 Å². The van der Waals surface area contributed by atoms with Crippen LogP contribution >= 0.6 is 0 Å². The van der Waals surface area contributed by atoms with Crippen LogP contribution < -0.4 is 20.4 Å². The number of alkyl halides is 2. The van der Waals surface area contributed by atoms with Crippen LogP contribution in [0.25, 0.3) is 0 Å². The Labute approximate surface area is 253 Å². The second-order valence-corrected chi connectivity index (χ2v) is 12.2. The Bertz CT molecular complexity index is 964. The fraction of sp³-hybridized carbons (Fsp3) is 0.625. The zero-order valence-corrected chi connectivity index (χ0v) is 26.8. The van der Waals surface area contributed by atoms with E-state index in [1.807, 2.05) is 114 Å². The van der Waals surface area contributed by atoms with Gasteiger partial charge in [0.25, 0.3) is 0 Å². The molecule has 0 bridgehead atoms. The number of piperidine rings is 2. The number of hydrogen-bond donors (Lipinski definition) is 0. The van der Waals surface area contributed by atoms with Crippen LogP contribution in [-0.4, -0.2) is 101 Å². The molecule has 4 atom stereocenters. The molecule has 2 heterocycles. The highest BCUT2D eigenvalue weighted by Gasteiger charge is 2.30. The minimum absolute atomic E-state index is 0.0521. The van der Waals surface area contributed by atoms with Gasteiger partial charge in [-0.25, -0.2) is 8.78 Å². The zero-order valence-electron chi connectivity index (χ0n) is 26.8. The van der Waals surface area contributed by atoms with Gasteiger partial charge in [0.15, 0.2) is 0 Å². The van der Waals surface area contributed by atoms with E-state index in [0.29, 0.717) is 13.1 Å². The lowest BCUT2D eigenvalue weighted by Gasteiger charge is -2.32. The number of rotatable bonds is 10. The van der Waals surface area contributed by atoms with Crippen molar-refractivity contribution in [1.82, 2.24) is 9.80 Å². The third-order valence-corrected chi connectivity index (χ3v) is 7.60. The van der Waals surface area contributed by atoms with Crippen molar-refractivity contribution in [1.29, 1.82) is 0 Å². The van der Waals surface area contributed by atoms with E-state index in [4.69, 9.17) is 18.8 Å². The summed E-state index contributed by atoms with van der Waals surface area (Å²) in [6.07, 6.45) is -0.672. The molecule has 10 heteroatoms. The van der Waals surface area contributed by atoms with E-state index in [1.165, 1.54) is 0 Å². The normalized spacial score (nSPS) is 23.3. The minimum atomic E-state index is -0.924. The summed E-state index contributed by atoms with van der Waals surface area (Å²) < 4.78 is 51.0. The number of ether oxygens (including phenoxy) is 2. The van der Waals surface area contributed by atoms with Gasteiger partial charge in [-0.3, -0.25) is 0 Å². The van der Waals surface area contributed by atoms with Crippen molar-refractivity contribution in [2.75, 3.05) is 40.3 Å². The van der Waals surface area contributed by atoms with Crippen LogP contribution in [0.15, 0.2) is 48.5 Å². The molecule has 2 aromatic rings. The standard InChI is InChI=1S/2C16H25BFNO2/c2*1-12(2)21-17(3)13-5-7-14(8-6-13)20-16-9-10-19(4)11-15(16)18/h2*5-8,12,15-16H,9-11H2,1-4H3/t2*15-,16+/m10/s1. The summed E-state index contributed by atoms with van der Waals surface area (Å²) in [5.41, 5.74) is 2.22. The van der Waals surface area contributed by atoms with Crippen molar-refractivity contribution in [3.63, 3.8) is 0 Å². The Morgan fingerprint density at radius 3 is 1.26 bits per heavy atom. The van der Waals surface area contributed by atoms with Gasteiger partial charge in [-0.1, -0.05) is 37.9 Å². The topological polar surface area (TPSA) is 43.4 Å². The smallest absolute Gasteiger partial charge is 0.323 e. The predicted molar refractivity (Wildman–Crippen MR) is 171 cm³/mol. The Hall–Kier alpha value is -2.13. The molecule has 4 rings (SSSR count). The van der Waals surface area contributed by atoms with E-state index < -0.39 is 12.3 Å². The van der Waals surface area contributed by atoms with Gasteiger partial charge in [0.05, 0.1) is 0 Å². The zero-order chi connectivity index (χ0) is 30.8.